The highest BCUT2D eigenvalue weighted by molar-refractivity contribution is 6.62. The second-order valence-corrected chi connectivity index (χ2v) is 7.31. The Hall–Kier alpha value is -1.34. The molecule has 0 aromatic carbocycles. The number of aromatic nitrogens is 2. The lowest BCUT2D eigenvalue weighted by Gasteiger charge is -2.32. The summed E-state index contributed by atoms with van der Waals surface area (Å²) in [6.45, 7) is 11.6. The molecule has 1 aromatic rings. The minimum atomic E-state index is -0.880. The quantitative estimate of drug-likeness (QED) is 0.619. The standard InChI is InChI=1S/C15H25BN2O4/c1-13(2,12(19)20-8)11-10(9-18(7)17-11)16-21-14(3,4)15(5,6)22-16/h9H,1-8H3. The summed E-state index contributed by atoms with van der Waals surface area (Å²) >= 11 is 0. The van der Waals surface area contributed by atoms with E-state index in [2.05, 4.69) is 5.10 Å². The van der Waals surface area contributed by atoms with Crippen LogP contribution in [0.25, 0.3) is 0 Å². The summed E-state index contributed by atoms with van der Waals surface area (Å²) in [4.78, 5) is 12.1. The largest absolute Gasteiger partial charge is 0.498 e. The van der Waals surface area contributed by atoms with E-state index in [1.165, 1.54) is 7.11 Å². The van der Waals surface area contributed by atoms with Crippen molar-refractivity contribution in [1.82, 2.24) is 9.78 Å². The van der Waals surface area contributed by atoms with Crippen molar-refractivity contribution in [2.75, 3.05) is 7.11 Å². The molecule has 1 aliphatic heterocycles. The van der Waals surface area contributed by atoms with Crippen molar-refractivity contribution in [2.45, 2.75) is 58.2 Å². The number of rotatable bonds is 3. The van der Waals surface area contributed by atoms with Crippen LogP contribution in [0, 0.1) is 0 Å². The minimum Gasteiger partial charge on any atom is -0.468 e. The molecule has 2 rings (SSSR count). The molecular weight excluding hydrogens is 283 g/mol. The smallest absolute Gasteiger partial charge is 0.468 e. The highest BCUT2D eigenvalue weighted by Crippen LogP contribution is 2.37. The Kier molecular flexibility index (Phi) is 3.94. The van der Waals surface area contributed by atoms with Gasteiger partial charge in [0.05, 0.1) is 24.0 Å². The molecule has 0 unspecified atom stereocenters. The Morgan fingerprint density at radius 3 is 2.23 bits per heavy atom. The average Bonchev–Trinajstić information content (AvgIpc) is 2.87. The first-order valence-corrected chi connectivity index (χ1v) is 7.40. The Bertz CT molecular complexity index is 576. The van der Waals surface area contributed by atoms with Gasteiger partial charge in [-0.05, 0) is 41.5 Å². The average molecular weight is 308 g/mol. The fourth-order valence-electron chi connectivity index (χ4n) is 2.49. The first-order valence-electron chi connectivity index (χ1n) is 7.40. The number of carbonyl (C=O) groups is 1. The van der Waals surface area contributed by atoms with Gasteiger partial charge >= 0.3 is 13.1 Å². The third-order valence-electron chi connectivity index (χ3n) is 4.65. The van der Waals surface area contributed by atoms with E-state index in [4.69, 9.17) is 14.0 Å². The highest BCUT2D eigenvalue weighted by Gasteiger charge is 2.54. The van der Waals surface area contributed by atoms with Gasteiger partial charge in [0.2, 0.25) is 0 Å². The van der Waals surface area contributed by atoms with Gasteiger partial charge in [-0.3, -0.25) is 9.48 Å². The second-order valence-electron chi connectivity index (χ2n) is 7.31. The van der Waals surface area contributed by atoms with Gasteiger partial charge in [-0.15, -0.1) is 0 Å². The zero-order valence-electron chi connectivity index (χ0n) is 14.7. The van der Waals surface area contributed by atoms with E-state index in [0.29, 0.717) is 5.69 Å². The molecule has 22 heavy (non-hydrogen) atoms. The molecule has 0 amide bonds. The van der Waals surface area contributed by atoms with Crippen LogP contribution in [0.3, 0.4) is 0 Å². The molecule has 0 atom stereocenters. The van der Waals surface area contributed by atoms with E-state index >= 15 is 0 Å². The van der Waals surface area contributed by atoms with E-state index in [-0.39, 0.29) is 5.97 Å². The summed E-state index contributed by atoms with van der Waals surface area (Å²) in [5, 5.41) is 4.45. The molecule has 6 nitrogen and oxygen atoms in total. The highest BCUT2D eigenvalue weighted by atomic mass is 16.7. The SMILES string of the molecule is COC(=O)C(C)(C)c1nn(C)cc1B1OC(C)(C)C(C)(C)O1. The zero-order valence-corrected chi connectivity index (χ0v) is 14.7. The van der Waals surface area contributed by atoms with Gasteiger partial charge in [0.15, 0.2) is 0 Å². The van der Waals surface area contributed by atoms with Gasteiger partial charge in [0.1, 0.15) is 5.41 Å². The van der Waals surface area contributed by atoms with Crippen LogP contribution in [0.5, 0.6) is 0 Å². The lowest BCUT2D eigenvalue weighted by atomic mass is 9.73. The molecule has 2 heterocycles. The fourth-order valence-corrected chi connectivity index (χ4v) is 2.49. The maximum absolute atomic E-state index is 12.1. The van der Waals surface area contributed by atoms with Crippen molar-refractivity contribution in [3.8, 4) is 0 Å². The van der Waals surface area contributed by atoms with E-state index < -0.39 is 23.7 Å². The normalized spacial score (nSPS) is 20.3. The molecular formula is C15H25BN2O4. The Labute approximate surface area is 132 Å². The molecule has 7 heteroatoms. The summed E-state index contributed by atoms with van der Waals surface area (Å²) in [6.07, 6.45) is 1.84. The molecule has 1 aromatic heterocycles. The predicted octanol–water partition coefficient (Wildman–Crippen LogP) is 1.17. The van der Waals surface area contributed by atoms with E-state index in [1.807, 2.05) is 40.9 Å². The number of esters is 1. The maximum atomic E-state index is 12.1. The Balaban J connectivity index is 2.45. The van der Waals surface area contributed by atoms with Crippen LogP contribution >= 0.6 is 0 Å². The topological polar surface area (TPSA) is 62.6 Å². The van der Waals surface area contributed by atoms with Crippen LogP contribution in [0.2, 0.25) is 0 Å². The summed E-state index contributed by atoms with van der Waals surface area (Å²) in [5.41, 5.74) is -0.396. The molecule has 1 fully saturated rings. The number of methoxy groups -OCH3 is 1. The van der Waals surface area contributed by atoms with Crippen molar-refractivity contribution in [3.63, 3.8) is 0 Å². The Morgan fingerprint density at radius 2 is 1.77 bits per heavy atom. The first-order chi connectivity index (χ1) is 9.92. The van der Waals surface area contributed by atoms with Crippen molar-refractivity contribution >= 4 is 18.6 Å². The third kappa shape index (κ3) is 2.56. The Morgan fingerprint density at radius 1 is 1.27 bits per heavy atom. The summed E-state index contributed by atoms with van der Waals surface area (Å²) in [5.74, 6) is -0.344. The van der Waals surface area contributed by atoms with Gasteiger partial charge in [0, 0.05) is 18.7 Å². The monoisotopic (exact) mass is 308 g/mol. The third-order valence-corrected chi connectivity index (χ3v) is 4.65. The van der Waals surface area contributed by atoms with Crippen LogP contribution < -0.4 is 5.46 Å². The van der Waals surface area contributed by atoms with E-state index in [0.717, 1.165) is 5.46 Å². The van der Waals surface area contributed by atoms with Gasteiger partial charge in [-0.25, -0.2) is 0 Å². The molecule has 122 valence electrons. The lowest BCUT2D eigenvalue weighted by molar-refractivity contribution is -0.146. The molecule has 0 N–H and O–H groups in total. The lowest BCUT2D eigenvalue weighted by Crippen LogP contribution is -2.42. The number of hydrogen-bond donors (Lipinski definition) is 0. The first kappa shape index (κ1) is 17.0. The number of ether oxygens (including phenoxy) is 1. The fraction of sp³-hybridized carbons (Fsp3) is 0.733. The summed E-state index contributed by atoms with van der Waals surface area (Å²) in [7, 11) is 2.63. The van der Waals surface area contributed by atoms with Gasteiger partial charge in [0.25, 0.3) is 0 Å². The predicted molar refractivity (Wildman–Crippen MR) is 84.0 cm³/mol. The van der Waals surface area contributed by atoms with Crippen LogP contribution in [0.15, 0.2) is 6.20 Å². The second kappa shape index (κ2) is 5.10. The van der Waals surface area contributed by atoms with Crippen LogP contribution in [-0.4, -0.2) is 41.2 Å². The molecule has 1 aliphatic rings. The molecule has 0 spiro atoms. The number of hydrogen-bond acceptors (Lipinski definition) is 5. The van der Waals surface area contributed by atoms with Crippen molar-refractivity contribution in [2.24, 2.45) is 7.05 Å². The number of aryl methyl sites for hydroxylation is 1. The summed E-state index contributed by atoms with van der Waals surface area (Å²) in [6, 6.07) is 0. The molecule has 0 aliphatic carbocycles. The molecule has 0 radical (unpaired) electrons. The number of nitrogens with zero attached hydrogens (tertiary/aromatic N) is 2. The molecule has 0 saturated carbocycles. The van der Waals surface area contributed by atoms with Crippen LogP contribution in [0.1, 0.15) is 47.2 Å². The van der Waals surface area contributed by atoms with Crippen LogP contribution in [-0.2, 0) is 31.3 Å². The van der Waals surface area contributed by atoms with Crippen LogP contribution in [0.4, 0.5) is 0 Å². The van der Waals surface area contributed by atoms with Gasteiger partial charge in [-0.1, -0.05) is 0 Å². The van der Waals surface area contributed by atoms with E-state index in [9.17, 15) is 4.79 Å². The zero-order chi connectivity index (χ0) is 16.9. The molecule has 0 bridgehead atoms. The number of carbonyl (C=O) groups excluding carboxylic acids is 1. The van der Waals surface area contributed by atoms with E-state index in [1.54, 1.807) is 18.5 Å². The van der Waals surface area contributed by atoms with Gasteiger partial charge in [-0.2, -0.15) is 5.10 Å². The summed E-state index contributed by atoms with van der Waals surface area (Å²) < 4.78 is 18.7. The maximum Gasteiger partial charge on any atom is 0.498 e. The minimum absolute atomic E-state index is 0.344. The van der Waals surface area contributed by atoms with Crippen molar-refractivity contribution in [1.29, 1.82) is 0 Å². The van der Waals surface area contributed by atoms with Crippen molar-refractivity contribution in [3.05, 3.63) is 11.9 Å². The van der Waals surface area contributed by atoms with Crippen molar-refractivity contribution < 1.29 is 18.8 Å². The molecule has 1 saturated heterocycles. The van der Waals surface area contributed by atoms with Gasteiger partial charge < -0.3 is 14.0 Å².